The Morgan fingerprint density at radius 1 is 1.23 bits per heavy atom. The molecule has 3 aromatic rings. The van der Waals surface area contributed by atoms with Gasteiger partial charge in [-0.05, 0) is 53.7 Å². The van der Waals surface area contributed by atoms with Gasteiger partial charge in [0.1, 0.15) is 5.75 Å². The van der Waals surface area contributed by atoms with Gasteiger partial charge in [0.2, 0.25) is 11.1 Å². The van der Waals surface area contributed by atoms with E-state index in [2.05, 4.69) is 20.8 Å². The lowest BCUT2D eigenvalue weighted by molar-refractivity contribution is -0.113. The van der Waals surface area contributed by atoms with Gasteiger partial charge in [-0.1, -0.05) is 35.5 Å². The van der Waals surface area contributed by atoms with Crippen molar-refractivity contribution in [1.29, 1.82) is 0 Å². The summed E-state index contributed by atoms with van der Waals surface area (Å²) in [6.07, 6.45) is 0. The van der Waals surface area contributed by atoms with E-state index in [1.807, 2.05) is 31.2 Å². The van der Waals surface area contributed by atoms with Crippen molar-refractivity contribution < 1.29 is 9.53 Å². The summed E-state index contributed by atoms with van der Waals surface area (Å²) in [5.74, 6) is 0.741. The molecule has 7 nitrogen and oxygen atoms in total. The van der Waals surface area contributed by atoms with Crippen LogP contribution in [-0.2, 0) is 4.79 Å². The highest BCUT2D eigenvalue weighted by Gasteiger charge is 2.12. The number of nitrogens with zero attached hydrogens (tertiary/aromatic N) is 4. The van der Waals surface area contributed by atoms with Gasteiger partial charge in [0.05, 0.1) is 28.8 Å². The summed E-state index contributed by atoms with van der Waals surface area (Å²) >= 11 is 7.28. The van der Waals surface area contributed by atoms with E-state index in [4.69, 9.17) is 16.3 Å². The van der Waals surface area contributed by atoms with Crippen molar-refractivity contribution in [1.82, 2.24) is 20.2 Å². The van der Waals surface area contributed by atoms with Gasteiger partial charge in [-0.2, -0.15) is 4.68 Å². The predicted molar refractivity (Wildman–Crippen MR) is 101 cm³/mol. The SMILES string of the molecule is CCOc1ccc(-n2nnnc2SCC(=O)Nc2ccccc2Cl)cc1. The lowest BCUT2D eigenvalue weighted by Gasteiger charge is -2.08. The number of anilines is 1. The van der Waals surface area contributed by atoms with Gasteiger partial charge in [0.25, 0.3) is 0 Å². The summed E-state index contributed by atoms with van der Waals surface area (Å²) in [4.78, 5) is 12.1. The molecule has 0 aliphatic rings. The fourth-order valence-corrected chi connectivity index (χ4v) is 3.03. The van der Waals surface area contributed by atoms with Crippen molar-refractivity contribution in [2.24, 2.45) is 0 Å². The average Bonchev–Trinajstić information content (AvgIpc) is 3.11. The van der Waals surface area contributed by atoms with Crippen molar-refractivity contribution in [3.8, 4) is 11.4 Å². The number of nitrogens with one attached hydrogen (secondary N) is 1. The molecule has 1 heterocycles. The molecule has 9 heteroatoms. The first-order chi connectivity index (χ1) is 12.7. The molecule has 0 spiro atoms. The Labute approximate surface area is 159 Å². The van der Waals surface area contributed by atoms with Crippen LogP contribution in [0.5, 0.6) is 5.75 Å². The van der Waals surface area contributed by atoms with Crippen LogP contribution < -0.4 is 10.1 Å². The molecule has 3 rings (SSSR count). The van der Waals surface area contributed by atoms with E-state index >= 15 is 0 Å². The highest BCUT2D eigenvalue weighted by molar-refractivity contribution is 7.99. The second-order valence-electron chi connectivity index (χ2n) is 5.12. The average molecular weight is 390 g/mol. The van der Waals surface area contributed by atoms with Crippen LogP contribution in [0.15, 0.2) is 53.7 Å². The van der Waals surface area contributed by atoms with E-state index in [9.17, 15) is 4.79 Å². The van der Waals surface area contributed by atoms with Crippen LogP contribution in [0, 0.1) is 0 Å². The number of hydrogen-bond acceptors (Lipinski definition) is 6. The second kappa shape index (κ2) is 8.68. The lowest BCUT2D eigenvalue weighted by Crippen LogP contribution is -2.14. The maximum Gasteiger partial charge on any atom is 0.234 e. The number of rotatable bonds is 7. The molecule has 0 saturated carbocycles. The van der Waals surface area contributed by atoms with Gasteiger partial charge in [-0.3, -0.25) is 4.79 Å². The fourth-order valence-electron chi connectivity index (χ4n) is 2.16. The largest absolute Gasteiger partial charge is 0.494 e. The topological polar surface area (TPSA) is 81.9 Å². The third-order valence-corrected chi connectivity index (χ3v) is 4.56. The number of benzene rings is 2. The van der Waals surface area contributed by atoms with E-state index in [-0.39, 0.29) is 11.7 Å². The Morgan fingerprint density at radius 2 is 2.00 bits per heavy atom. The van der Waals surface area contributed by atoms with Gasteiger partial charge in [0.15, 0.2) is 0 Å². The van der Waals surface area contributed by atoms with E-state index in [0.29, 0.717) is 22.5 Å². The highest BCUT2D eigenvalue weighted by Crippen LogP contribution is 2.23. The monoisotopic (exact) mass is 389 g/mol. The number of aromatic nitrogens is 4. The number of ether oxygens (including phenoxy) is 1. The summed E-state index contributed by atoms with van der Waals surface area (Å²) in [7, 11) is 0. The minimum absolute atomic E-state index is 0.155. The Balaban J connectivity index is 1.63. The summed E-state index contributed by atoms with van der Waals surface area (Å²) in [6, 6.07) is 14.5. The predicted octanol–water partition coefficient (Wildman–Crippen LogP) is 3.45. The molecule has 0 aliphatic heterocycles. The molecule has 0 radical (unpaired) electrons. The summed E-state index contributed by atoms with van der Waals surface area (Å²) in [6.45, 7) is 2.53. The smallest absolute Gasteiger partial charge is 0.234 e. The zero-order chi connectivity index (χ0) is 18.4. The van der Waals surface area contributed by atoms with Crippen molar-refractivity contribution in [3.05, 3.63) is 53.6 Å². The molecule has 1 aromatic heterocycles. The van der Waals surface area contributed by atoms with Crippen LogP contribution in [0.25, 0.3) is 5.69 Å². The molecule has 0 aliphatic carbocycles. The quantitative estimate of drug-likeness (QED) is 0.623. The molecule has 0 bridgehead atoms. The maximum absolute atomic E-state index is 12.1. The van der Waals surface area contributed by atoms with Crippen LogP contribution in [0.4, 0.5) is 5.69 Å². The van der Waals surface area contributed by atoms with Gasteiger partial charge >= 0.3 is 0 Å². The summed E-state index contributed by atoms with van der Waals surface area (Å²) in [5, 5.41) is 15.4. The minimum Gasteiger partial charge on any atom is -0.494 e. The van der Waals surface area contributed by atoms with Crippen molar-refractivity contribution >= 4 is 35.0 Å². The van der Waals surface area contributed by atoms with Crippen LogP contribution in [-0.4, -0.2) is 38.5 Å². The Bertz CT molecular complexity index is 885. The van der Waals surface area contributed by atoms with Gasteiger partial charge in [0, 0.05) is 0 Å². The standard InChI is InChI=1S/C17H16ClN5O2S/c1-2-25-13-9-7-12(8-10-13)23-17(20-21-22-23)26-11-16(24)19-15-6-4-3-5-14(15)18/h3-10H,2,11H2,1H3,(H,19,24). The van der Waals surface area contributed by atoms with E-state index < -0.39 is 0 Å². The van der Waals surface area contributed by atoms with Crippen molar-refractivity contribution in [3.63, 3.8) is 0 Å². The lowest BCUT2D eigenvalue weighted by atomic mass is 10.3. The van der Waals surface area contributed by atoms with Gasteiger partial charge < -0.3 is 10.1 Å². The van der Waals surface area contributed by atoms with Crippen LogP contribution in [0.1, 0.15) is 6.92 Å². The number of carbonyl (C=O) groups excluding carboxylic acids is 1. The second-order valence-corrected chi connectivity index (χ2v) is 6.47. The van der Waals surface area contributed by atoms with Gasteiger partial charge in [-0.15, -0.1) is 5.10 Å². The van der Waals surface area contributed by atoms with E-state index in [1.54, 1.807) is 28.9 Å². The molecule has 0 atom stereocenters. The Morgan fingerprint density at radius 3 is 2.73 bits per heavy atom. The molecule has 134 valence electrons. The first-order valence-corrected chi connectivity index (χ1v) is 9.22. The Kier molecular flexibility index (Phi) is 6.08. The zero-order valence-corrected chi connectivity index (χ0v) is 15.5. The molecule has 2 aromatic carbocycles. The third kappa shape index (κ3) is 4.53. The van der Waals surface area contributed by atoms with Crippen molar-refractivity contribution in [2.45, 2.75) is 12.1 Å². The maximum atomic E-state index is 12.1. The third-order valence-electron chi connectivity index (χ3n) is 3.31. The Hall–Kier alpha value is -2.58. The molecule has 1 amide bonds. The van der Waals surface area contributed by atoms with E-state index in [0.717, 1.165) is 11.4 Å². The number of thioether (sulfide) groups is 1. The fraction of sp³-hybridized carbons (Fsp3) is 0.176. The summed E-state index contributed by atoms with van der Waals surface area (Å²) in [5.41, 5.74) is 1.36. The van der Waals surface area contributed by atoms with Crippen LogP contribution >= 0.6 is 23.4 Å². The number of halogens is 1. The van der Waals surface area contributed by atoms with E-state index in [1.165, 1.54) is 11.8 Å². The molecule has 26 heavy (non-hydrogen) atoms. The zero-order valence-electron chi connectivity index (χ0n) is 13.9. The summed E-state index contributed by atoms with van der Waals surface area (Å²) < 4.78 is 7.00. The molecular weight excluding hydrogens is 374 g/mol. The number of para-hydroxylation sites is 1. The molecule has 0 fully saturated rings. The van der Waals surface area contributed by atoms with Crippen LogP contribution in [0.2, 0.25) is 5.02 Å². The minimum atomic E-state index is -0.190. The number of tetrazole rings is 1. The highest BCUT2D eigenvalue weighted by atomic mass is 35.5. The first-order valence-electron chi connectivity index (χ1n) is 7.86. The number of carbonyl (C=O) groups is 1. The number of hydrogen-bond donors (Lipinski definition) is 1. The normalized spacial score (nSPS) is 10.5. The van der Waals surface area contributed by atoms with Crippen molar-refractivity contribution in [2.75, 3.05) is 17.7 Å². The van der Waals surface area contributed by atoms with Gasteiger partial charge in [-0.25, -0.2) is 0 Å². The first kappa shape index (κ1) is 18.2. The number of amides is 1. The van der Waals surface area contributed by atoms with Crippen LogP contribution in [0.3, 0.4) is 0 Å². The molecule has 0 saturated heterocycles. The molecular formula is C17H16ClN5O2S. The molecule has 1 N–H and O–H groups in total. The molecule has 0 unspecified atom stereocenters.